The number of amides is 1. The molecule has 0 bridgehead atoms. The molecular weight excluding hydrogens is 250 g/mol. The highest BCUT2D eigenvalue weighted by molar-refractivity contribution is 5.99. The molecule has 1 unspecified atom stereocenters. The SMILES string of the molecule is Cc1ccccc1C(C)Nc1ccc(N)cc1C(N)=O. The van der Waals surface area contributed by atoms with Gasteiger partial charge in [0.15, 0.2) is 0 Å². The van der Waals surface area contributed by atoms with Gasteiger partial charge >= 0.3 is 0 Å². The molecule has 0 aliphatic heterocycles. The summed E-state index contributed by atoms with van der Waals surface area (Å²) in [5.41, 5.74) is 15.1. The van der Waals surface area contributed by atoms with Crippen LogP contribution in [0.2, 0.25) is 0 Å². The van der Waals surface area contributed by atoms with Crippen LogP contribution in [0.4, 0.5) is 11.4 Å². The van der Waals surface area contributed by atoms with Crippen molar-refractivity contribution in [3.8, 4) is 0 Å². The monoisotopic (exact) mass is 269 g/mol. The van der Waals surface area contributed by atoms with Gasteiger partial charge in [-0.3, -0.25) is 4.79 Å². The van der Waals surface area contributed by atoms with E-state index in [9.17, 15) is 4.79 Å². The van der Waals surface area contributed by atoms with E-state index in [2.05, 4.69) is 24.4 Å². The third kappa shape index (κ3) is 2.91. The zero-order valence-electron chi connectivity index (χ0n) is 11.7. The normalized spacial score (nSPS) is 11.9. The van der Waals surface area contributed by atoms with Crippen molar-refractivity contribution in [3.05, 3.63) is 59.2 Å². The van der Waals surface area contributed by atoms with Crippen molar-refractivity contribution in [2.75, 3.05) is 11.1 Å². The lowest BCUT2D eigenvalue weighted by Gasteiger charge is -2.19. The van der Waals surface area contributed by atoms with Crippen LogP contribution in [0, 0.1) is 6.92 Å². The smallest absolute Gasteiger partial charge is 0.250 e. The minimum Gasteiger partial charge on any atom is -0.399 e. The molecule has 0 spiro atoms. The number of rotatable bonds is 4. The van der Waals surface area contributed by atoms with E-state index in [0.717, 1.165) is 0 Å². The average Bonchev–Trinajstić information content (AvgIpc) is 2.41. The van der Waals surface area contributed by atoms with Crippen LogP contribution in [0.15, 0.2) is 42.5 Å². The third-order valence-electron chi connectivity index (χ3n) is 3.34. The number of primary amides is 1. The van der Waals surface area contributed by atoms with E-state index in [-0.39, 0.29) is 6.04 Å². The van der Waals surface area contributed by atoms with E-state index in [1.165, 1.54) is 11.1 Å². The number of anilines is 2. The number of hydrogen-bond acceptors (Lipinski definition) is 3. The number of carbonyl (C=O) groups is 1. The van der Waals surface area contributed by atoms with Gasteiger partial charge < -0.3 is 16.8 Å². The molecule has 0 aliphatic carbocycles. The Morgan fingerprint density at radius 1 is 1.20 bits per heavy atom. The van der Waals surface area contributed by atoms with Gasteiger partial charge in [-0.05, 0) is 43.2 Å². The predicted octanol–water partition coefficient (Wildman–Crippen LogP) is 2.85. The van der Waals surface area contributed by atoms with Gasteiger partial charge in [0.05, 0.1) is 5.56 Å². The van der Waals surface area contributed by atoms with Gasteiger partial charge in [-0.25, -0.2) is 0 Å². The van der Waals surface area contributed by atoms with Crippen molar-refractivity contribution in [1.82, 2.24) is 0 Å². The maximum absolute atomic E-state index is 11.5. The molecule has 2 rings (SSSR count). The van der Waals surface area contributed by atoms with Gasteiger partial charge in [0.1, 0.15) is 0 Å². The Morgan fingerprint density at radius 2 is 1.90 bits per heavy atom. The molecule has 0 heterocycles. The Bertz CT molecular complexity index is 637. The molecule has 4 heteroatoms. The molecule has 0 aromatic heterocycles. The molecule has 5 N–H and O–H groups in total. The van der Waals surface area contributed by atoms with E-state index in [1.807, 2.05) is 19.1 Å². The summed E-state index contributed by atoms with van der Waals surface area (Å²) in [5.74, 6) is -0.489. The lowest BCUT2D eigenvalue weighted by atomic mass is 10.0. The van der Waals surface area contributed by atoms with Gasteiger partial charge in [-0.1, -0.05) is 24.3 Å². The topological polar surface area (TPSA) is 81.1 Å². The first-order valence-electron chi connectivity index (χ1n) is 6.50. The van der Waals surface area contributed by atoms with Crippen LogP contribution < -0.4 is 16.8 Å². The Labute approximate surface area is 118 Å². The number of nitrogens with one attached hydrogen (secondary N) is 1. The Balaban J connectivity index is 2.31. The fraction of sp³-hybridized carbons (Fsp3) is 0.188. The molecule has 0 radical (unpaired) electrons. The summed E-state index contributed by atoms with van der Waals surface area (Å²) in [5, 5.41) is 3.32. The summed E-state index contributed by atoms with van der Waals surface area (Å²) < 4.78 is 0. The van der Waals surface area contributed by atoms with Crippen molar-refractivity contribution in [2.24, 2.45) is 5.73 Å². The first kappa shape index (κ1) is 13.9. The molecule has 4 nitrogen and oxygen atoms in total. The standard InChI is InChI=1S/C16H19N3O/c1-10-5-3-4-6-13(10)11(2)19-15-8-7-12(17)9-14(15)16(18)20/h3-9,11,19H,17H2,1-2H3,(H2,18,20). The van der Waals surface area contributed by atoms with Crippen LogP contribution in [0.5, 0.6) is 0 Å². The lowest BCUT2D eigenvalue weighted by molar-refractivity contribution is 0.100. The number of aryl methyl sites for hydroxylation is 1. The molecule has 2 aromatic rings. The molecule has 2 aromatic carbocycles. The van der Waals surface area contributed by atoms with Crippen molar-refractivity contribution in [3.63, 3.8) is 0 Å². The first-order valence-corrected chi connectivity index (χ1v) is 6.50. The lowest BCUT2D eigenvalue weighted by Crippen LogP contribution is -2.16. The minimum atomic E-state index is -0.489. The van der Waals surface area contributed by atoms with Gasteiger partial charge in [-0.15, -0.1) is 0 Å². The van der Waals surface area contributed by atoms with Crippen molar-refractivity contribution >= 4 is 17.3 Å². The molecule has 0 saturated heterocycles. The van der Waals surface area contributed by atoms with Gasteiger partial charge in [0, 0.05) is 17.4 Å². The third-order valence-corrected chi connectivity index (χ3v) is 3.34. The van der Waals surface area contributed by atoms with Crippen LogP contribution in [-0.4, -0.2) is 5.91 Å². The summed E-state index contributed by atoms with van der Waals surface area (Å²) in [6.45, 7) is 4.11. The van der Waals surface area contributed by atoms with E-state index in [4.69, 9.17) is 11.5 Å². The minimum absolute atomic E-state index is 0.0675. The van der Waals surface area contributed by atoms with Crippen molar-refractivity contribution < 1.29 is 4.79 Å². The van der Waals surface area contributed by atoms with E-state index >= 15 is 0 Å². The fourth-order valence-corrected chi connectivity index (χ4v) is 2.28. The van der Waals surface area contributed by atoms with E-state index in [0.29, 0.717) is 16.9 Å². The molecule has 20 heavy (non-hydrogen) atoms. The zero-order chi connectivity index (χ0) is 14.7. The second-order valence-electron chi connectivity index (χ2n) is 4.89. The highest BCUT2D eigenvalue weighted by Gasteiger charge is 2.13. The molecule has 0 saturated carbocycles. The molecule has 1 amide bonds. The highest BCUT2D eigenvalue weighted by Crippen LogP contribution is 2.25. The number of carbonyl (C=O) groups excluding carboxylic acids is 1. The van der Waals surface area contributed by atoms with Gasteiger partial charge in [0.2, 0.25) is 0 Å². The molecule has 0 aliphatic rings. The fourth-order valence-electron chi connectivity index (χ4n) is 2.28. The highest BCUT2D eigenvalue weighted by atomic mass is 16.1. The number of hydrogen-bond donors (Lipinski definition) is 3. The van der Waals surface area contributed by atoms with E-state index in [1.54, 1.807) is 18.2 Å². The first-order chi connectivity index (χ1) is 9.49. The summed E-state index contributed by atoms with van der Waals surface area (Å²) in [6.07, 6.45) is 0. The second-order valence-corrected chi connectivity index (χ2v) is 4.89. The van der Waals surface area contributed by atoms with Crippen molar-refractivity contribution in [1.29, 1.82) is 0 Å². The largest absolute Gasteiger partial charge is 0.399 e. The quantitative estimate of drug-likeness (QED) is 0.746. The van der Waals surface area contributed by atoms with Gasteiger partial charge in [-0.2, -0.15) is 0 Å². The van der Waals surface area contributed by atoms with Crippen LogP contribution in [-0.2, 0) is 0 Å². The predicted molar refractivity (Wildman–Crippen MR) is 82.6 cm³/mol. The van der Waals surface area contributed by atoms with Crippen LogP contribution in [0.3, 0.4) is 0 Å². The average molecular weight is 269 g/mol. The molecule has 104 valence electrons. The molecule has 1 atom stereocenters. The summed E-state index contributed by atoms with van der Waals surface area (Å²) >= 11 is 0. The molecule has 0 fully saturated rings. The van der Waals surface area contributed by atoms with E-state index < -0.39 is 5.91 Å². The number of nitrogen functional groups attached to an aromatic ring is 1. The van der Waals surface area contributed by atoms with Gasteiger partial charge in [0.25, 0.3) is 5.91 Å². The van der Waals surface area contributed by atoms with Crippen LogP contribution in [0.1, 0.15) is 34.5 Å². The summed E-state index contributed by atoms with van der Waals surface area (Å²) in [7, 11) is 0. The Hall–Kier alpha value is -2.49. The Kier molecular flexibility index (Phi) is 3.94. The maximum Gasteiger partial charge on any atom is 0.250 e. The number of nitrogens with two attached hydrogens (primary N) is 2. The van der Waals surface area contributed by atoms with Crippen molar-refractivity contribution in [2.45, 2.75) is 19.9 Å². The molecular formula is C16H19N3O. The zero-order valence-corrected chi connectivity index (χ0v) is 11.7. The number of benzene rings is 2. The van der Waals surface area contributed by atoms with Crippen LogP contribution >= 0.6 is 0 Å². The maximum atomic E-state index is 11.5. The second kappa shape index (κ2) is 5.65. The Morgan fingerprint density at radius 3 is 2.55 bits per heavy atom. The van der Waals surface area contributed by atoms with Crippen LogP contribution in [0.25, 0.3) is 0 Å². The summed E-state index contributed by atoms with van der Waals surface area (Å²) in [4.78, 5) is 11.5. The summed E-state index contributed by atoms with van der Waals surface area (Å²) in [6, 6.07) is 13.3.